The zero-order chi connectivity index (χ0) is 20.7. The second kappa shape index (κ2) is 6.69. The Morgan fingerprint density at radius 3 is 1.96 bits per heavy atom. The molecule has 0 N–H and O–H groups in total. The van der Waals surface area contributed by atoms with Crippen molar-refractivity contribution in [1.82, 2.24) is 9.78 Å². The van der Waals surface area contributed by atoms with Crippen LogP contribution in [0.3, 0.4) is 0 Å². The maximum atomic E-state index is 13.8. The first-order chi connectivity index (χ1) is 12.9. The molecule has 148 valence electrons. The number of sulfone groups is 1. The van der Waals surface area contributed by atoms with E-state index in [9.17, 15) is 30.4 Å². The van der Waals surface area contributed by atoms with E-state index in [4.69, 9.17) is 0 Å². The zero-order valence-corrected chi connectivity index (χ0v) is 15.1. The van der Waals surface area contributed by atoms with Crippen LogP contribution in [0.2, 0.25) is 0 Å². The van der Waals surface area contributed by atoms with Gasteiger partial charge in [-0.2, -0.15) is 27.1 Å². The summed E-state index contributed by atoms with van der Waals surface area (Å²) in [5, 5.41) is 3.48. The van der Waals surface area contributed by atoms with Crippen molar-refractivity contribution in [3.05, 3.63) is 66.4 Å². The van der Waals surface area contributed by atoms with E-state index in [2.05, 4.69) is 5.10 Å². The van der Waals surface area contributed by atoms with Crippen LogP contribution in [0, 0.1) is 0 Å². The highest BCUT2D eigenvalue weighted by Gasteiger charge is 2.60. The molecule has 3 rings (SSSR count). The van der Waals surface area contributed by atoms with Crippen LogP contribution in [-0.4, -0.2) is 30.6 Å². The third-order valence-corrected chi connectivity index (χ3v) is 5.09. The summed E-state index contributed by atoms with van der Waals surface area (Å²) in [7, 11) is -3.50. The third-order valence-electron chi connectivity index (χ3n) is 3.97. The van der Waals surface area contributed by atoms with Gasteiger partial charge in [-0.15, -0.1) is 0 Å². The first-order valence-electron chi connectivity index (χ1n) is 7.82. The lowest BCUT2D eigenvalue weighted by Gasteiger charge is -2.16. The fourth-order valence-electron chi connectivity index (χ4n) is 2.53. The molecule has 1 aromatic heterocycles. The fourth-order valence-corrected chi connectivity index (χ4v) is 3.16. The Morgan fingerprint density at radius 2 is 1.46 bits per heavy atom. The molecule has 0 radical (unpaired) electrons. The van der Waals surface area contributed by atoms with E-state index in [0.29, 0.717) is 11.6 Å². The standard InChI is InChI=1S/C18H13F5N2O2S/c1-28(26,27)14-9-7-13(8-10-14)25-15(12-5-3-2-4-6-12)11-16(24-25)17(19,20)18(21,22)23/h2-11H,1H3. The number of hydrogen-bond acceptors (Lipinski definition) is 3. The number of nitrogens with zero attached hydrogens (tertiary/aromatic N) is 2. The molecule has 0 aliphatic heterocycles. The predicted octanol–water partition coefficient (Wildman–Crippen LogP) is 4.60. The van der Waals surface area contributed by atoms with Crippen LogP contribution in [0.4, 0.5) is 22.0 Å². The van der Waals surface area contributed by atoms with Crippen molar-refractivity contribution in [1.29, 1.82) is 0 Å². The Bertz CT molecular complexity index is 1090. The summed E-state index contributed by atoms with van der Waals surface area (Å²) in [6.45, 7) is 0. The number of hydrogen-bond donors (Lipinski definition) is 0. The first-order valence-corrected chi connectivity index (χ1v) is 9.71. The minimum atomic E-state index is -5.81. The van der Waals surface area contributed by atoms with Gasteiger partial charge in [0, 0.05) is 11.8 Å². The molecule has 10 heteroatoms. The molecular formula is C18H13F5N2O2S. The lowest BCUT2D eigenvalue weighted by molar-refractivity contribution is -0.291. The van der Waals surface area contributed by atoms with Gasteiger partial charge in [-0.05, 0) is 30.3 Å². The van der Waals surface area contributed by atoms with Crippen molar-refractivity contribution in [2.45, 2.75) is 17.0 Å². The number of halogens is 5. The van der Waals surface area contributed by atoms with Crippen LogP contribution in [0.15, 0.2) is 65.6 Å². The topological polar surface area (TPSA) is 52.0 Å². The lowest BCUT2D eigenvalue weighted by atomic mass is 10.1. The van der Waals surface area contributed by atoms with E-state index in [0.717, 1.165) is 10.9 Å². The number of benzene rings is 2. The largest absolute Gasteiger partial charge is 0.459 e. The van der Waals surface area contributed by atoms with Gasteiger partial charge in [-0.3, -0.25) is 0 Å². The summed E-state index contributed by atoms with van der Waals surface area (Å²) in [5.41, 5.74) is -0.945. The van der Waals surface area contributed by atoms with Crippen LogP contribution < -0.4 is 0 Å². The molecule has 2 aromatic carbocycles. The van der Waals surface area contributed by atoms with E-state index in [1.165, 1.54) is 36.4 Å². The monoisotopic (exact) mass is 416 g/mol. The summed E-state index contributed by atoms with van der Waals surface area (Å²) in [4.78, 5) is -0.0227. The minimum Gasteiger partial charge on any atom is -0.233 e. The molecular weight excluding hydrogens is 403 g/mol. The zero-order valence-electron chi connectivity index (χ0n) is 14.3. The van der Waals surface area contributed by atoms with Gasteiger partial charge >= 0.3 is 12.1 Å². The van der Waals surface area contributed by atoms with Gasteiger partial charge in [-0.1, -0.05) is 30.3 Å². The summed E-state index contributed by atoms with van der Waals surface area (Å²) in [6.07, 6.45) is -4.81. The molecule has 0 aliphatic carbocycles. The summed E-state index contributed by atoms with van der Waals surface area (Å²) >= 11 is 0. The highest BCUT2D eigenvalue weighted by Crippen LogP contribution is 2.44. The van der Waals surface area contributed by atoms with E-state index in [1.54, 1.807) is 18.2 Å². The highest BCUT2D eigenvalue weighted by molar-refractivity contribution is 7.90. The average Bonchev–Trinajstić information content (AvgIpc) is 3.07. The molecule has 0 bridgehead atoms. The van der Waals surface area contributed by atoms with Crippen molar-refractivity contribution in [3.63, 3.8) is 0 Å². The molecule has 0 unspecified atom stereocenters. The SMILES string of the molecule is CS(=O)(=O)c1ccc(-n2nc(C(F)(F)C(F)(F)F)cc2-c2ccccc2)cc1. The Balaban J connectivity index is 2.20. The molecule has 4 nitrogen and oxygen atoms in total. The lowest BCUT2D eigenvalue weighted by Crippen LogP contribution is -2.34. The summed E-state index contributed by atoms with van der Waals surface area (Å²) in [5.74, 6) is -5.14. The molecule has 0 atom stereocenters. The quantitative estimate of drug-likeness (QED) is 0.585. The van der Waals surface area contributed by atoms with Gasteiger partial charge in [0.15, 0.2) is 9.84 Å². The van der Waals surface area contributed by atoms with Gasteiger partial charge in [-0.25, -0.2) is 13.1 Å². The first kappa shape index (κ1) is 20.0. The van der Waals surface area contributed by atoms with Gasteiger partial charge in [0.2, 0.25) is 0 Å². The molecule has 0 saturated carbocycles. The molecule has 1 heterocycles. The molecule has 0 saturated heterocycles. The molecule has 0 spiro atoms. The molecule has 3 aromatic rings. The Labute approximate surface area is 157 Å². The maximum Gasteiger partial charge on any atom is 0.459 e. The van der Waals surface area contributed by atoms with Gasteiger partial charge < -0.3 is 0 Å². The van der Waals surface area contributed by atoms with E-state index >= 15 is 0 Å². The van der Waals surface area contributed by atoms with Crippen LogP contribution in [0.1, 0.15) is 5.69 Å². The summed E-state index contributed by atoms with van der Waals surface area (Å²) in [6, 6.07) is 13.6. The Hall–Kier alpha value is -2.75. The normalized spacial score (nSPS) is 12.9. The van der Waals surface area contributed by atoms with Gasteiger partial charge in [0.25, 0.3) is 0 Å². The minimum absolute atomic E-state index is 0.00614. The molecule has 0 fully saturated rings. The molecule has 0 aliphatic rings. The second-order valence-corrected chi connectivity index (χ2v) is 8.05. The number of aromatic nitrogens is 2. The van der Waals surface area contributed by atoms with E-state index in [-0.39, 0.29) is 16.3 Å². The van der Waals surface area contributed by atoms with Crippen molar-refractivity contribution in [3.8, 4) is 16.9 Å². The Kier molecular flexibility index (Phi) is 4.78. The summed E-state index contributed by atoms with van der Waals surface area (Å²) < 4.78 is 90.1. The number of rotatable bonds is 4. The third kappa shape index (κ3) is 3.64. The Morgan fingerprint density at radius 1 is 0.893 bits per heavy atom. The van der Waals surface area contributed by atoms with Gasteiger partial charge in [0.1, 0.15) is 5.69 Å². The second-order valence-electron chi connectivity index (χ2n) is 6.03. The average molecular weight is 416 g/mol. The van der Waals surface area contributed by atoms with Crippen molar-refractivity contribution in [2.24, 2.45) is 0 Å². The van der Waals surface area contributed by atoms with Crippen molar-refractivity contribution < 1.29 is 30.4 Å². The van der Waals surface area contributed by atoms with Crippen LogP contribution in [0.25, 0.3) is 16.9 Å². The van der Waals surface area contributed by atoms with Crippen LogP contribution in [-0.2, 0) is 15.8 Å². The predicted molar refractivity (Wildman–Crippen MR) is 92.1 cm³/mol. The van der Waals surface area contributed by atoms with E-state index < -0.39 is 27.6 Å². The fraction of sp³-hybridized carbons (Fsp3) is 0.167. The van der Waals surface area contributed by atoms with Gasteiger partial charge in [0.05, 0.1) is 16.3 Å². The van der Waals surface area contributed by atoms with Crippen LogP contribution >= 0.6 is 0 Å². The van der Waals surface area contributed by atoms with Crippen LogP contribution in [0.5, 0.6) is 0 Å². The molecule has 28 heavy (non-hydrogen) atoms. The molecule has 0 amide bonds. The smallest absolute Gasteiger partial charge is 0.233 e. The van der Waals surface area contributed by atoms with Crippen molar-refractivity contribution in [2.75, 3.05) is 6.26 Å². The van der Waals surface area contributed by atoms with Crippen molar-refractivity contribution >= 4 is 9.84 Å². The number of alkyl halides is 5. The van der Waals surface area contributed by atoms with E-state index in [1.807, 2.05) is 0 Å². The maximum absolute atomic E-state index is 13.8. The highest BCUT2D eigenvalue weighted by atomic mass is 32.2.